The molecule has 0 aliphatic carbocycles. The van der Waals surface area contributed by atoms with Crippen molar-refractivity contribution in [3.63, 3.8) is 0 Å². The molecule has 1 aromatic heterocycles. The van der Waals surface area contributed by atoms with Crippen molar-refractivity contribution in [2.24, 2.45) is 17.0 Å². The molecular weight excluding hydrogens is 494 g/mol. The Morgan fingerprint density at radius 3 is 2.14 bits per heavy atom. The molecule has 36 heavy (non-hydrogen) atoms. The molecule has 1 amide bonds. The lowest BCUT2D eigenvalue weighted by molar-refractivity contribution is -0.136. The number of aromatic nitrogens is 1. The van der Waals surface area contributed by atoms with Crippen molar-refractivity contribution in [3.05, 3.63) is 26.0 Å². The number of hydrogen-bond acceptors (Lipinski definition) is 6. The van der Waals surface area contributed by atoms with Crippen LogP contribution in [-0.4, -0.2) is 54.3 Å². The number of hydrogen-bond donors (Lipinski definition) is 1. The second-order valence-corrected chi connectivity index (χ2v) is 15.7. The Kier molecular flexibility index (Phi) is 13.1. The summed E-state index contributed by atoms with van der Waals surface area (Å²) in [4.78, 5) is 35.2. The lowest BCUT2D eigenvalue weighted by Gasteiger charge is -2.38. The van der Waals surface area contributed by atoms with Crippen LogP contribution in [0.3, 0.4) is 0 Å². The van der Waals surface area contributed by atoms with Crippen LogP contribution in [0, 0.1) is 11.8 Å². The molecule has 0 radical (unpaired) electrons. The molecule has 0 fully saturated rings. The summed E-state index contributed by atoms with van der Waals surface area (Å²) < 4.78 is 6.93. The van der Waals surface area contributed by atoms with E-state index in [0.717, 1.165) is 29.4 Å². The number of carboxylic acid groups (broad SMARTS) is 1. The number of amides is 1. The average molecular weight is 540 g/mol. The predicted octanol–water partition coefficient (Wildman–Crippen LogP) is 7.06. The van der Waals surface area contributed by atoms with Gasteiger partial charge in [-0.2, -0.15) is 0 Å². The van der Waals surface area contributed by atoms with Crippen molar-refractivity contribution in [1.82, 2.24) is 9.88 Å². The van der Waals surface area contributed by atoms with Gasteiger partial charge in [0.15, 0.2) is 14.0 Å². The van der Waals surface area contributed by atoms with E-state index >= 15 is 0 Å². The first-order valence-electron chi connectivity index (χ1n) is 13.2. The van der Waals surface area contributed by atoms with Gasteiger partial charge in [0.1, 0.15) is 11.0 Å². The van der Waals surface area contributed by atoms with E-state index in [9.17, 15) is 14.7 Å². The van der Waals surface area contributed by atoms with Crippen LogP contribution in [0.2, 0.25) is 18.1 Å². The van der Waals surface area contributed by atoms with E-state index in [1.807, 2.05) is 20.8 Å². The van der Waals surface area contributed by atoms with E-state index in [2.05, 4.69) is 49.6 Å². The summed E-state index contributed by atoms with van der Waals surface area (Å²) in [5, 5.41) is 14.2. The molecular formula is C25H45N5O4SSi. The molecule has 1 rings (SSSR count). The van der Waals surface area contributed by atoms with Crippen molar-refractivity contribution < 1.29 is 19.1 Å². The molecule has 0 spiro atoms. The van der Waals surface area contributed by atoms with Crippen LogP contribution >= 0.6 is 11.3 Å². The van der Waals surface area contributed by atoms with Gasteiger partial charge in [0.2, 0.25) is 5.91 Å². The van der Waals surface area contributed by atoms with Gasteiger partial charge < -0.3 is 14.4 Å². The molecule has 0 aliphatic heterocycles. The van der Waals surface area contributed by atoms with Gasteiger partial charge in [-0.3, -0.25) is 4.79 Å². The minimum Gasteiger partial charge on any atom is -0.476 e. The number of carbonyl (C=O) groups excluding carboxylic acids is 1. The van der Waals surface area contributed by atoms with Crippen LogP contribution in [0.4, 0.5) is 0 Å². The Bertz CT molecular complexity index is 906. The number of azide groups is 1. The van der Waals surface area contributed by atoms with Gasteiger partial charge in [0.05, 0.1) is 6.10 Å². The number of likely N-dealkylation sites (N-methyl/N-ethyl adjacent to an activating group) is 1. The molecule has 4 atom stereocenters. The highest BCUT2D eigenvalue weighted by molar-refractivity contribution is 7.12. The molecule has 9 nitrogen and oxygen atoms in total. The standard InChI is InChI=1S/C25H45N5O4SSi/c1-10-17(8)21(28-29-26)24(31)30(9)18(16(6)7)15-19(34-36(12-3,13-4)14-5)23-27-22(25(32)33)20(11-2)35-23/h16-19,21H,10-15H2,1-9H3,(H,32,33)/t17-,18+,19+,21-/m0/s1. The molecule has 1 N–H and O–H groups in total. The quantitative estimate of drug-likeness (QED) is 0.104. The number of rotatable bonds is 16. The number of carbonyl (C=O) groups is 2. The highest BCUT2D eigenvalue weighted by Gasteiger charge is 2.38. The molecule has 0 aliphatic rings. The molecule has 0 aromatic carbocycles. The molecule has 0 saturated heterocycles. The second kappa shape index (κ2) is 14.7. The molecule has 11 heteroatoms. The maximum atomic E-state index is 13.5. The highest BCUT2D eigenvalue weighted by atomic mass is 32.1. The fraction of sp³-hybridized carbons (Fsp3) is 0.800. The smallest absolute Gasteiger partial charge is 0.355 e. The largest absolute Gasteiger partial charge is 0.476 e. The zero-order valence-corrected chi connectivity index (χ0v) is 25.3. The summed E-state index contributed by atoms with van der Waals surface area (Å²) in [5.41, 5.74) is 9.17. The molecule has 0 bridgehead atoms. The van der Waals surface area contributed by atoms with E-state index in [1.165, 1.54) is 11.3 Å². The number of nitrogens with zero attached hydrogens (tertiary/aromatic N) is 5. The lowest BCUT2D eigenvalue weighted by atomic mass is 9.93. The van der Waals surface area contributed by atoms with Crippen LogP contribution in [-0.2, 0) is 15.6 Å². The van der Waals surface area contributed by atoms with Crippen molar-refractivity contribution in [2.75, 3.05) is 7.05 Å². The highest BCUT2D eigenvalue weighted by Crippen LogP contribution is 2.37. The van der Waals surface area contributed by atoms with E-state index in [1.54, 1.807) is 11.9 Å². The van der Waals surface area contributed by atoms with Crippen LogP contribution in [0.1, 0.15) is 94.7 Å². The van der Waals surface area contributed by atoms with Gasteiger partial charge in [0, 0.05) is 22.9 Å². The monoisotopic (exact) mass is 539 g/mol. The van der Waals surface area contributed by atoms with Gasteiger partial charge >= 0.3 is 5.97 Å². The Labute approximate surface area is 221 Å². The third-order valence-electron chi connectivity index (χ3n) is 7.52. The van der Waals surface area contributed by atoms with Crippen molar-refractivity contribution in [3.8, 4) is 0 Å². The summed E-state index contributed by atoms with van der Waals surface area (Å²) in [6.45, 7) is 16.4. The van der Waals surface area contributed by atoms with Gasteiger partial charge in [-0.25, -0.2) is 9.78 Å². The summed E-state index contributed by atoms with van der Waals surface area (Å²) in [7, 11) is -0.319. The first kappa shape index (κ1) is 32.1. The van der Waals surface area contributed by atoms with Crippen molar-refractivity contribution >= 4 is 31.5 Å². The fourth-order valence-electron chi connectivity index (χ4n) is 4.57. The van der Waals surface area contributed by atoms with Gasteiger partial charge in [-0.05, 0) is 48.3 Å². The fourth-order valence-corrected chi connectivity index (χ4v) is 8.51. The maximum absolute atomic E-state index is 13.5. The second-order valence-electron chi connectivity index (χ2n) is 9.86. The van der Waals surface area contributed by atoms with Crippen LogP contribution < -0.4 is 0 Å². The molecule has 204 valence electrons. The van der Waals surface area contributed by atoms with Gasteiger partial charge in [-0.1, -0.05) is 66.9 Å². The van der Waals surface area contributed by atoms with Gasteiger partial charge in [-0.15, -0.1) is 11.3 Å². The van der Waals surface area contributed by atoms with Crippen LogP contribution in [0.15, 0.2) is 5.11 Å². The Morgan fingerprint density at radius 2 is 1.75 bits per heavy atom. The summed E-state index contributed by atoms with van der Waals surface area (Å²) in [6.07, 6.45) is 1.38. The molecule has 1 heterocycles. The predicted molar refractivity (Wildman–Crippen MR) is 148 cm³/mol. The average Bonchev–Trinajstić information content (AvgIpc) is 3.31. The van der Waals surface area contributed by atoms with Crippen LogP contribution in [0.5, 0.6) is 0 Å². The number of aromatic carboxylic acids is 1. The number of aryl methyl sites for hydroxylation is 1. The van der Waals surface area contributed by atoms with E-state index in [-0.39, 0.29) is 29.5 Å². The third kappa shape index (κ3) is 7.78. The lowest BCUT2D eigenvalue weighted by Crippen LogP contribution is -2.48. The first-order chi connectivity index (χ1) is 16.9. The number of carboxylic acids is 1. The van der Waals surface area contributed by atoms with E-state index in [0.29, 0.717) is 17.8 Å². The first-order valence-corrected chi connectivity index (χ1v) is 16.5. The van der Waals surface area contributed by atoms with Crippen LogP contribution in [0.25, 0.3) is 10.4 Å². The zero-order chi connectivity index (χ0) is 27.6. The summed E-state index contributed by atoms with van der Waals surface area (Å²) in [6, 6.07) is 1.86. The third-order valence-corrected chi connectivity index (χ3v) is 13.5. The summed E-state index contributed by atoms with van der Waals surface area (Å²) >= 11 is 1.40. The maximum Gasteiger partial charge on any atom is 0.355 e. The van der Waals surface area contributed by atoms with Crippen molar-refractivity contribution in [1.29, 1.82) is 0 Å². The zero-order valence-electron chi connectivity index (χ0n) is 23.4. The topological polar surface area (TPSA) is 128 Å². The molecule has 1 aromatic rings. The Morgan fingerprint density at radius 1 is 1.17 bits per heavy atom. The Hall–Kier alpha value is -1.94. The minimum atomic E-state index is -2.08. The SMILES string of the molecule is CCc1sc([C@@H](C[C@H](C(C)C)N(C)C(=O)[C@@H](N=[N+]=[N-])[C@@H](C)CC)O[Si](CC)(CC)CC)nc1C(=O)O. The van der Waals surface area contributed by atoms with E-state index in [4.69, 9.17) is 9.96 Å². The Balaban J connectivity index is 3.52. The van der Waals surface area contributed by atoms with Crippen molar-refractivity contribution in [2.45, 2.75) is 111 Å². The molecule has 0 unspecified atom stereocenters. The summed E-state index contributed by atoms with van der Waals surface area (Å²) in [5.74, 6) is -1.22. The van der Waals surface area contributed by atoms with E-state index < -0.39 is 26.4 Å². The normalized spacial score (nSPS) is 15.2. The number of thiazole rings is 1. The molecule has 0 saturated carbocycles. The van der Waals surface area contributed by atoms with Gasteiger partial charge in [0.25, 0.3) is 0 Å². The minimum absolute atomic E-state index is 0.0831.